The molecule has 4 aromatic carbocycles. The zero-order valence-corrected chi connectivity index (χ0v) is 23.7. The fourth-order valence-electron chi connectivity index (χ4n) is 4.60. The first-order valence-electron chi connectivity index (χ1n) is 13.7. The lowest BCUT2D eigenvalue weighted by molar-refractivity contribution is -0.142. The highest BCUT2D eigenvalue weighted by Crippen LogP contribution is 2.31. The van der Waals surface area contributed by atoms with E-state index in [9.17, 15) is 19.2 Å². The highest BCUT2D eigenvalue weighted by Gasteiger charge is 2.45. The van der Waals surface area contributed by atoms with Crippen LogP contribution < -0.4 is 16.0 Å². The van der Waals surface area contributed by atoms with E-state index in [1.807, 2.05) is 60.7 Å². The minimum atomic E-state index is -1.77. The number of rotatable bonds is 12. The largest absolute Gasteiger partial charge is 0.468 e. The first-order valence-corrected chi connectivity index (χ1v) is 13.7. The van der Waals surface area contributed by atoms with E-state index in [4.69, 9.17) is 9.47 Å². The SMILES string of the molecule is COC(=O)CNC(=O)C(NC(=O)[C@H](Cc1ccccc1)NC(=O)OCc1ccccc1)(c1ccccc1)c1ccccc1. The maximum absolute atomic E-state index is 14.2. The molecule has 0 saturated carbocycles. The van der Waals surface area contributed by atoms with Gasteiger partial charge in [-0.3, -0.25) is 14.4 Å². The fourth-order valence-corrected chi connectivity index (χ4v) is 4.60. The third kappa shape index (κ3) is 8.07. The number of hydrogen-bond donors (Lipinski definition) is 3. The third-order valence-corrected chi connectivity index (χ3v) is 6.79. The standard InChI is InChI=1S/C34H33N3O6/c1-42-30(38)23-35-32(40)34(27-18-10-4-11-19-27,28-20-12-5-13-21-28)37-31(39)29(22-25-14-6-2-7-15-25)36-33(41)43-24-26-16-8-3-9-17-26/h2-21,29H,22-24H2,1H3,(H,35,40)(H,36,41)(H,37,39)/t29-/m0/s1. The smallest absolute Gasteiger partial charge is 0.408 e. The molecule has 0 aliphatic carbocycles. The molecule has 0 unspecified atom stereocenters. The molecular weight excluding hydrogens is 546 g/mol. The van der Waals surface area contributed by atoms with Crippen LogP contribution in [0.1, 0.15) is 22.3 Å². The van der Waals surface area contributed by atoms with Crippen LogP contribution in [0.4, 0.5) is 4.79 Å². The summed E-state index contributed by atoms with van der Waals surface area (Å²) in [6.45, 7) is -0.398. The molecule has 0 saturated heterocycles. The number of carbonyl (C=O) groups excluding carboxylic acids is 4. The summed E-state index contributed by atoms with van der Waals surface area (Å²) in [4.78, 5) is 53.1. The maximum atomic E-state index is 14.2. The summed E-state index contributed by atoms with van der Waals surface area (Å²) in [7, 11) is 1.22. The van der Waals surface area contributed by atoms with Gasteiger partial charge in [0.2, 0.25) is 5.91 Å². The van der Waals surface area contributed by atoms with Gasteiger partial charge in [-0.15, -0.1) is 0 Å². The lowest BCUT2D eigenvalue weighted by Crippen LogP contribution is -2.61. The summed E-state index contributed by atoms with van der Waals surface area (Å²) < 4.78 is 10.1. The van der Waals surface area contributed by atoms with Crippen molar-refractivity contribution in [2.75, 3.05) is 13.7 Å². The van der Waals surface area contributed by atoms with E-state index in [1.54, 1.807) is 60.7 Å². The van der Waals surface area contributed by atoms with Crippen molar-refractivity contribution < 1.29 is 28.7 Å². The van der Waals surface area contributed by atoms with E-state index in [1.165, 1.54) is 7.11 Å². The number of ether oxygens (including phenoxy) is 2. The highest BCUT2D eigenvalue weighted by molar-refractivity contribution is 5.98. The summed E-state index contributed by atoms with van der Waals surface area (Å²) in [5.41, 5.74) is 0.699. The van der Waals surface area contributed by atoms with Crippen LogP contribution in [0.5, 0.6) is 0 Å². The number of carbonyl (C=O) groups is 4. The fraction of sp³-hybridized carbons (Fsp3) is 0.176. The van der Waals surface area contributed by atoms with E-state index < -0.39 is 42.0 Å². The van der Waals surface area contributed by atoms with Crippen molar-refractivity contribution >= 4 is 23.9 Å². The lowest BCUT2D eigenvalue weighted by atomic mass is 9.81. The predicted octanol–water partition coefficient (Wildman–Crippen LogP) is 3.87. The minimum absolute atomic E-state index is 0.0141. The molecule has 3 amide bonds. The predicted molar refractivity (Wildman–Crippen MR) is 161 cm³/mol. The summed E-state index contributed by atoms with van der Waals surface area (Å²) in [6.07, 6.45) is -0.670. The van der Waals surface area contributed by atoms with Gasteiger partial charge in [0.25, 0.3) is 5.91 Å². The van der Waals surface area contributed by atoms with Crippen LogP contribution in [0, 0.1) is 0 Å². The Morgan fingerprint density at radius 1 is 0.698 bits per heavy atom. The van der Waals surface area contributed by atoms with Crippen molar-refractivity contribution in [3.8, 4) is 0 Å². The quantitative estimate of drug-likeness (QED) is 0.219. The first-order chi connectivity index (χ1) is 20.9. The van der Waals surface area contributed by atoms with Crippen LogP contribution in [-0.2, 0) is 42.4 Å². The Morgan fingerprint density at radius 2 is 1.19 bits per heavy atom. The summed E-state index contributed by atoms with van der Waals surface area (Å²) in [6, 6.07) is 34.6. The van der Waals surface area contributed by atoms with Crippen LogP contribution in [0.3, 0.4) is 0 Å². The van der Waals surface area contributed by atoms with Crippen molar-refractivity contribution in [3.63, 3.8) is 0 Å². The Balaban J connectivity index is 1.69. The molecule has 9 nitrogen and oxygen atoms in total. The highest BCUT2D eigenvalue weighted by atomic mass is 16.5. The van der Waals surface area contributed by atoms with Gasteiger partial charge < -0.3 is 25.4 Å². The number of amides is 3. The van der Waals surface area contributed by atoms with Gasteiger partial charge >= 0.3 is 12.1 Å². The Labute approximate surface area is 250 Å². The van der Waals surface area contributed by atoms with Gasteiger partial charge in [-0.25, -0.2) is 4.79 Å². The number of hydrogen-bond acceptors (Lipinski definition) is 6. The second-order valence-corrected chi connectivity index (χ2v) is 9.68. The van der Waals surface area contributed by atoms with Crippen LogP contribution in [-0.4, -0.2) is 43.6 Å². The normalized spacial score (nSPS) is 11.5. The summed E-state index contributed by atoms with van der Waals surface area (Å²) >= 11 is 0. The number of benzene rings is 4. The molecule has 4 aromatic rings. The molecule has 0 aliphatic heterocycles. The number of esters is 1. The monoisotopic (exact) mass is 579 g/mol. The van der Waals surface area contributed by atoms with Gasteiger partial charge in [-0.1, -0.05) is 121 Å². The molecule has 0 aromatic heterocycles. The van der Waals surface area contributed by atoms with Crippen molar-refractivity contribution in [3.05, 3.63) is 144 Å². The second kappa shape index (κ2) is 15.0. The number of alkyl carbamates (subject to hydrolysis) is 1. The van der Waals surface area contributed by atoms with Crippen LogP contribution in [0.2, 0.25) is 0 Å². The molecule has 0 bridgehead atoms. The molecule has 1 atom stereocenters. The van der Waals surface area contributed by atoms with Crippen molar-refractivity contribution in [1.82, 2.24) is 16.0 Å². The van der Waals surface area contributed by atoms with E-state index >= 15 is 0 Å². The summed E-state index contributed by atoms with van der Waals surface area (Å²) in [5.74, 6) is -1.95. The van der Waals surface area contributed by atoms with Gasteiger partial charge in [0, 0.05) is 6.42 Å². The molecule has 0 fully saturated rings. The number of nitrogens with one attached hydrogen (secondary N) is 3. The Kier molecular flexibility index (Phi) is 10.6. The van der Waals surface area contributed by atoms with E-state index in [0.717, 1.165) is 11.1 Å². The Morgan fingerprint density at radius 3 is 1.70 bits per heavy atom. The van der Waals surface area contributed by atoms with Gasteiger partial charge in [-0.05, 0) is 22.3 Å². The average Bonchev–Trinajstić information content (AvgIpc) is 3.06. The van der Waals surface area contributed by atoms with Gasteiger partial charge in [0.15, 0.2) is 5.54 Å². The molecule has 4 rings (SSSR count). The Bertz CT molecular complexity index is 1460. The van der Waals surface area contributed by atoms with E-state index in [0.29, 0.717) is 11.1 Å². The molecular formula is C34H33N3O6. The zero-order chi connectivity index (χ0) is 30.5. The molecule has 0 spiro atoms. The molecule has 3 N–H and O–H groups in total. The van der Waals surface area contributed by atoms with Gasteiger partial charge in [-0.2, -0.15) is 0 Å². The third-order valence-electron chi connectivity index (χ3n) is 6.79. The zero-order valence-electron chi connectivity index (χ0n) is 23.7. The molecule has 9 heteroatoms. The average molecular weight is 580 g/mol. The van der Waals surface area contributed by atoms with E-state index in [-0.39, 0.29) is 13.0 Å². The number of methoxy groups -OCH3 is 1. The molecule has 0 heterocycles. The van der Waals surface area contributed by atoms with Crippen LogP contribution >= 0.6 is 0 Å². The molecule has 43 heavy (non-hydrogen) atoms. The van der Waals surface area contributed by atoms with Gasteiger partial charge in [0.1, 0.15) is 19.2 Å². The second-order valence-electron chi connectivity index (χ2n) is 9.68. The lowest BCUT2D eigenvalue weighted by Gasteiger charge is -2.35. The summed E-state index contributed by atoms with van der Waals surface area (Å²) in [5, 5.41) is 8.22. The van der Waals surface area contributed by atoms with Crippen LogP contribution in [0.15, 0.2) is 121 Å². The molecule has 0 aliphatic rings. The maximum Gasteiger partial charge on any atom is 0.408 e. The first kappa shape index (κ1) is 30.5. The molecule has 220 valence electrons. The van der Waals surface area contributed by atoms with Crippen molar-refractivity contribution in [2.24, 2.45) is 0 Å². The van der Waals surface area contributed by atoms with Crippen LogP contribution in [0.25, 0.3) is 0 Å². The van der Waals surface area contributed by atoms with E-state index in [2.05, 4.69) is 16.0 Å². The van der Waals surface area contributed by atoms with Crippen molar-refractivity contribution in [1.29, 1.82) is 0 Å². The van der Waals surface area contributed by atoms with Gasteiger partial charge in [0.05, 0.1) is 7.11 Å². The Hall–Kier alpha value is -5.44. The van der Waals surface area contributed by atoms with Crippen molar-refractivity contribution in [2.45, 2.75) is 24.6 Å². The topological polar surface area (TPSA) is 123 Å². The minimum Gasteiger partial charge on any atom is -0.468 e. The molecule has 0 radical (unpaired) electrons.